The van der Waals surface area contributed by atoms with E-state index in [1.165, 1.54) is 0 Å². The second-order valence-corrected chi connectivity index (χ2v) is 4.80. The molecule has 8 nitrogen and oxygen atoms in total. The standard InChI is InChI=1S/C10H17N5O3/c1-6-12-8(15(17)18)9(14(6)4)13-10(2,3)5-7(11)16/h13H,5H2,1-4H3,(H2,11,16). The van der Waals surface area contributed by atoms with Crippen molar-refractivity contribution in [1.82, 2.24) is 9.55 Å². The summed E-state index contributed by atoms with van der Waals surface area (Å²) in [4.78, 5) is 25.1. The van der Waals surface area contributed by atoms with Gasteiger partial charge in [0.2, 0.25) is 17.5 Å². The van der Waals surface area contributed by atoms with Gasteiger partial charge in [-0.2, -0.15) is 0 Å². The Morgan fingerprint density at radius 3 is 2.61 bits per heavy atom. The van der Waals surface area contributed by atoms with E-state index in [9.17, 15) is 14.9 Å². The van der Waals surface area contributed by atoms with Gasteiger partial charge in [0.05, 0.1) is 0 Å². The highest BCUT2D eigenvalue weighted by molar-refractivity contribution is 5.75. The number of anilines is 1. The number of rotatable bonds is 5. The fourth-order valence-corrected chi connectivity index (χ4v) is 1.66. The minimum atomic E-state index is -0.684. The Morgan fingerprint density at radius 1 is 1.61 bits per heavy atom. The van der Waals surface area contributed by atoms with Crippen LogP contribution in [0.4, 0.5) is 11.6 Å². The summed E-state index contributed by atoms with van der Waals surface area (Å²) >= 11 is 0. The number of carbonyl (C=O) groups excluding carboxylic acids is 1. The van der Waals surface area contributed by atoms with E-state index < -0.39 is 16.4 Å². The first-order valence-corrected chi connectivity index (χ1v) is 5.38. The van der Waals surface area contributed by atoms with Crippen molar-refractivity contribution in [3.8, 4) is 0 Å². The average Bonchev–Trinajstić information content (AvgIpc) is 2.43. The number of amides is 1. The van der Waals surface area contributed by atoms with Gasteiger partial charge in [-0.05, 0) is 23.8 Å². The van der Waals surface area contributed by atoms with Crippen molar-refractivity contribution in [3.05, 3.63) is 15.9 Å². The van der Waals surface area contributed by atoms with Gasteiger partial charge in [0.25, 0.3) is 0 Å². The number of aryl methyl sites for hydroxylation is 1. The average molecular weight is 255 g/mol. The Morgan fingerprint density at radius 2 is 2.17 bits per heavy atom. The highest BCUT2D eigenvalue weighted by Gasteiger charge is 2.29. The van der Waals surface area contributed by atoms with E-state index in [1.807, 2.05) is 0 Å². The Hall–Kier alpha value is -2.12. The molecule has 0 aliphatic heterocycles. The molecule has 1 amide bonds. The minimum Gasteiger partial charge on any atom is -0.370 e. The number of carbonyl (C=O) groups is 1. The van der Waals surface area contributed by atoms with Crippen molar-refractivity contribution >= 4 is 17.5 Å². The summed E-state index contributed by atoms with van der Waals surface area (Å²) in [5, 5.41) is 13.8. The van der Waals surface area contributed by atoms with Crippen LogP contribution in [0.2, 0.25) is 0 Å². The van der Waals surface area contributed by atoms with Crippen molar-refractivity contribution in [2.45, 2.75) is 32.7 Å². The van der Waals surface area contributed by atoms with E-state index in [-0.39, 0.29) is 18.1 Å². The number of nitrogens with one attached hydrogen (secondary N) is 1. The Kier molecular flexibility index (Phi) is 3.59. The van der Waals surface area contributed by atoms with Crippen molar-refractivity contribution in [2.24, 2.45) is 12.8 Å². The van der Waals surface area contributed by atoms with Crippen molar-refractivity contribution < 1.29 is 9.72 Å². The molecule has 0 aliphatic rings. The maximum atomic E-state index is 10.9. The van der Waals surface area contributed by atoms with Gasteiger partial charge in [0, 0.05) is 25.9 Å². The lowest BCUT2D eigenvalue weighted by molar-refractivity contribution is -0.388. The van der Waals surface area contributed by atoms with Gasteiger partial charge in [-0.3, -0.25) is 9.36 Å². The molecule has 0 atom stereocenters. The lowest BCUT2D eigenvalue weighted by Gasteiger charge is -2.25. The molecular formula is C10H17N5O3. The lowest BCUT2D eigenvalue weighted by atomic mass is 10.0. The maximum absolute atomic E-state index is 10.9. The first-order valence-electron chi connectivity index (χ1n) is 5.38. The quantitative estimate of drug-likeness (QED) is 0.593. The number of aromatic nitrogens is 2. The molecule has 0 saturated heterocycles. The second-order valence-electron chi connectivity index (χ2n) is 4.80. The summed E-state index contributed by atoms with van der Waals surface area (Å²) in [5.41, 5.74) is 4.45. The molecule has 0 bridgehead atoms. The van der Waals surface area contributed by atoms with Gasteiger partial charge in [0.15, 0.2) is 0 Å². The van der Waals surface area contributed by atoms with Crippen LogP contribution in [0.3, 0.4) is 0 Å². The van der Waals surface area contributed by atoms with E-state index in [0.29, 0.717) is 5.82 Å². The molecule has 1 heterocycles. The van der Waals surface area contributed by atoms with Crippen LogP contribution in [-0.4, -0.2) is 25.9 Å². The topological polar surface area (TPSA) is 116 Å². The smallest absolute Gasteiger partial charge is 0.370 e. The first-order chi connectivity index (χ1) is 8.14. The third-order valence-electron chi connectivity index (χ3n) is 2.55. The number of primary amides is 1. The van der Waals surface area contributed by atoms with Crippen LogP contribution in [0.5, 0.6) is 0 Å². The zero-order valence-corrected chi connectivity index (χ0v) is 10.9. The number of hydrogen-bond acceptors (Lipinski definition) is 5. The molecule has 0 radical (unpaired) electrons. The summed E-state index contributed by atoms with van der Waals surface area (Å²) in [6, 6.07) is 0. The number of nitrogens with two attached hydrogens (primary N) is 1. The molecule has 0 saturated carbocycles. The number of hydrogen-bond donors (Lipinski definition) is 2. The highest BCUT2D eigenvalue weighted by Crippen LogP contribution is 2.27. The van der Waals surface area contributed by atoms with E-state index in [4.69, 9.17) is 5.73 Å². The second kappa shape index (κ2) is 4.63. The molecule has 8 heteroatoms. The van der Waals surface area contributed by atoms with Gasteiger partial charge in [-0.25, -0.2) is 0 Å². The van der Waals surface area contributed by atoms with E-state index in [0.717, 1.165) is 0 Å². The molecule has 1 aromatic heterocycles. The molecule has 1 aromatic rings. The molecule has 0 aromatic carbocycles. The lowest BCUT2D eigenvalue weighted by Crippen LogP contribution is -2.36. The summed E-state index contributed by atoms with van der Waals surface area (Å²) < 4.78 is 1.57. The molecule has 0 aliphatic carbocycles. The predicted octanol–water partition coefficient (Wildman–Crippen LogP) is 0.703. The van der Waals surface area contributed by atoms with Gasteiger partial charge in [-0.1, -0.05) is 0 Å². The van der Waals surface area contributed by atoms with Crippen LogP contribution >= 0.6 is 0 Å². The monoisotopic (exact) mass is 255 g/mol. The third kappa shape index (κ3) is 2.96. The third-order valence-corrected chi connectivity index (χ3v) is 2.55. The molecule has 0 spiro atoms. The molecule has 100 valence electrons. The van der Waals surface area contributed by atoms with Crippen LogP contribution < -0.4 is 11.1 Å². The molecule has 0 fully saturated rings. The van der Waals surface area contributed by atoms with Gasteiger partial charge < -0.3 is 21.2 Å². The zero-order chi connectivity index (χ0) is 14.1. The molecule has 3 N–H and O–H groups in total. The predicted molar refractivity (Wildman–Crippen MR) is 66.1 cm³/mol. The van der Waals surface area contributed by atoms with Crippen molar-refractivity contribution in [2.75, 3.05) is 5.32 Å². The normalized spacial score (nSPS) is 11.3. The summed E-state index contributed by atoms with van der Waals surface area (Å²) in [5.74, 6) is 0.0458. The Balaban J connectivity index is 3.10. The molecule has 18 heavy (non-hydrogen) atoms. The van der Waals surface area contributed by atoms with Crippen molar-refractivity contribution in [3.63, 3.8) is 0 Å². The van der Waals surface area contributed by atoms with Crippen LogP contribution in [0.15, 0.2) is 0 Å². The molecule has 0 unspecified atom stereocenters. The number of nitro groups is 1. The Labute approximate surface area is 104 Å². The van der Waals surface area contributed by atoms with E-state index in [1.54, 1.807) is 32.4 Å². The maximum Gasteiger partial charge on any atom is 0.406 e. The first kappa shape index (κ1) is 13.9. The summed E-state index contributed by atoms with van der Waals surface area (Å²) in [6.07, 6.45) is 0.0639. The summed E-state index contributed by atoms with van der Waals surface area (Å²) in [6.45, 7) is 5.15. The van der Waals surface area contributed by atoms with Crippen LogP contribution in [0.25, 0.3) is 0 Å². The highest BCUT2D eigenvalue weighted by atomic mass is 16.6. The van der Waals surface area contributed by atoms with Gasteiger partial charge in [-0.15, -0.1) is 0 Å². The van der Waals surface area contributed by atoms with Gasteiger partial charge >= 0.3 is 5.82 Å². The largest absolute Gasteiger partial charge is 0.406 e. The molecular weight excluding hydrogens is 238 g/mol. The van der Waals surface area contributed by atoms with Crippen molar-refractivity contribution in [1.29, 1.82) is 0 Å². The number of nitrogens with zero attached hydrogens (tertiary/aromatic N) is 3. The van der Waals surface area contributed by atoms with E-state index in [2.05, 4.69) is 10.3 Å². The number of imidazole rings is 1. The minimum absolute atomic E-state index is 0.0639. The van der Waals surface area contributed by atoms with E-state index >= 15 is 0 Å². The van der Waals surface area contributed by atoms with Crippen LogP contribution in [0, 0.1) is 17.0 Å². The SMILES string of the molecule is Cc1nc([N+](=O)[O-])c(NC(C)(C)CC(N)=O)n1C. The Bertz CT molecular complexity index is 492. The van der Waals surface area contributed by atoms with Crippen LogP contribution in [-0.2, 0) is 11.8 Å². The van der Waals surface area contributed by atoms with Gasteiger partial charge in [0.1, 0.15) is 0 Å². The molecule has 1 rings (SSSR count). The fourth-order valence-electron chi connectivity index (χ4n) is 1.66. The summed E-state index contributed by atoms with van der Waals surface area (Å²) in [7, 11) is 1.66. The zero-order valence-electron chi connectivity index (χ0n) is 10.9. The fraction of sp³-hybridized carbons (Fsp3) is 0.600. The van der Waals surface area contributed by atoms with Crippen LogP contribution in [0.1, 0.15) is 26.1 Å².